The van der Waals surface area contributed by atoms with E-state index in [0.717, 1.165) is 31.4 Å². The van der Waals surface area contributed by atoms with E-state index in [1.54, 1.807) is 4.90 Å². The highest BCUT2D eigenvalue weighted by atomic mass is 79.9. The van der Waals surface area contributed by atoms with Crippen molar-refractivity contribution in [2.24, 2.45) is 0 Å². The number of likely N-dealkylation sites (tertiary alicyclic amines) is 1. The lowest BCUT2D eigenvalue weighted by atomic mass is 10.1. The minimum atomic E-state index is -0.682. The molecule has 21 heavy (non-hydrogen) atoms. The molecule has 0 atom stereocenters. The summed E-state index contributed by atoms with van der Waals surface area (Å²) in [6.45, 7) is 1.24. The van der Waals surface area contributed by atoms with Gasteiger partial charge in [0.2, 0.25) is 5.91 Å². The number of hydrogen-bond acceptors (Lipinski definition) is 3. The lowest BCUT2D eigenvalue weighted by Crippen LogP contribution is -2.42. The standard InChI is InChI=1S/C14H16BrFN2O3/c15-11-7-9(16)6-10(13(11)20)14(21)17-8-12(19)18-4-2-1-3-5-18/h6-7,20H,1-5,8H2,(H,17,21). The molecule has 1 aromatic carbocycles. The molecule has 1 aromatic rings. The normalized spacial score (nSPS) is 14.9. The van der Waals surface area contributed by atoms with Crippen molar-refractivity contribution in [1.82, 2.24) is 10.2 Å². The molecule has 1 aliphatic heterocycles. The largest absolute Gasteiger partial charge is 0.506 e. The Bertz CT molecular complexity index is 559. The fraction of sp³-hybridized carbons (Fsp3) is 0.429. The van der Waals surface area contributed by atoms with Crippen molar-refractivity contribution in [1.29, 1.82) is 0 Å². The highest BCUT2D eigenvalue weighted by Crippen LogP contribution is 2.28. The Hall–Kier alpha value is -1.63. The predicted molar refractivity (Wildman–Crippen MR) is 78.5 cm³/mol. The summed E-state index contributed by atoms with van der Waals surface area (Å²) in [5.74, 6) is -1.84. The molecule has 0 saturated carbocycles. The van der Waals surface area contributed by atoms with Crippen molar-refractivity contribution in [2.45, 2.75) is 19.3 Å². The van der Waals surface area contributed by atoms with E-state index in [4.69, 9.17) is 0 Å². The average Bonchev–Trinajstić information content (AvgIpc) is 2.49. The Kier molecular flexibility index (Phi) is 5.17. The van der Waals surface area contributed by atoms with E-state index < -0.39 is 11.7 Å². The number of benzene rings is 1. The third-order valence-electron chi connectivity index (χ3n) is 3.38. The lowest BCUT2D eigenvalue weighted by molar-refractivity contribution is -0.130. The molecule has 0 spiro atoms. The quantitative estimate of drug-likeness (QED) is 0.868. The van der Waals surface area contributed by atoms with E-state index in [2.05, 4.69) is 21.2 Å². The molecular weight excluding hydrogens is 343 g/mol. The third kappa shape index (κ3) is 3.93. The molecule has 1 fully saturated rings. The van der Waals surface area contributed by atoms with Gasteiger partial charge >= 0.3 is 0 Å². The lowest BCUT2D eigenvalue weighted by Gasteiger charge is -2.26. The van der Waals surface area contributed by atoms with Crippen LogP contribution in [0.5, 0.6) is 5.75 Å². The summed E-state index contributed by atoms with van der Waals surface area (Å²) in [5, 5.41) is 12.2. The molecule has 0 aliphatic carbocycles. The number of carbonyl (C=O) groups excluding carboxylic acids is 2. The number of carbonyl (C=O) groups is 2. The van der Waals surface area contributed by atoms with Crippen LogP contribution in [-0.2, 0) is 4.79 Å². The summed E-state index contributed by atoms with van der Waals surface area (Å²) < 4.78 is 13.4. The minimum Gasteiger partial charge on any atom is -0.506 e. The number of phenols is 1. The third-order valence-corrected chi connectivity index (χ3v) is 3.99. The molecule has 2 amide bonds. The topological polar surface area (TPSA) is 69.6 Å². The summed E-state index contributed by atoms with van der Waals surface area (Å²) >= 11 is 2.96. The van der Waals surface area contributed by atoms with Gasteiger partial charge in [0.05, 0.1) is 16.6 Å². The van der Waals surface area contributed by atoms with Crippen LogP contribution in [0.4, 0.5) is 4.39 Å². The molecule has 1 heterocycles. The second-order valence-electron chi connectivity index (χ2n) is 4.91. The Morgan fingerprint density at radius 1 is 1.29 bits per heavy atom. The highest BCUT2D eigenvalue weighted by molar-refractivity contribution is 9.10. The number of phenolic OH excluding ortho intramolecular Hbond substituents is 1. The Morgan fingerprint density at radius 3 is 2.62 bits per heavy atom. The SMILES string of the molecule is O=C(NCC(=O)N1CCCCC1)c1cc(F)cc(Br)c1O. The van der Waals surface area contributed by atoms with Gasteiger partial charge in [-0.05, 0) is 47.3 Å². The van der Waals surface area contributed by atoms with Crippen molar-refractivity contribution < 1.29 is 19.1 Å². The van der Waals surface area contributed by atoms with Gasteiger partial charge < -0.3 is 15.3 Å². The molecular formula is C14H16BrFN2O3. The Morgan fingerprint density at radius 2 is 1.95 bits per heavy atom. The second kappa shape index (κ2) is 6.89. The number of hydrogen-bond donors (Lipinski definition) is 2. The van der Waals surface area contributed by atoms with E-state index in [1.165, 1.54) is 0 Å². The number of nitrogens with zero attached hydrogens (tertiary/aromatic N) is 1. The summed E-state index contributed by atoms with van der Waals surface area (Å²) in [7, 11) is 0. The van der Waals surface area contributed by atoms with E-state index in [9.17, 15) is 19.1 Å². The zero-order valence-corrected chi connectivity index (χ0v) is 13.0. The molecule has 2 N–H and O–H groups in total. The monoisotopic (exact) mass is 358 g/mol. The van der Waals surface area contributed by atoms with Crippen molar-refractivity contribution in [2.75, 3.05) is 19.6 Å². The van der Waals surface area contributed by atoms with Crippen LogP contribution in [-0.4, -0.2) is 41.5 Å². The number of piperidine rings is 1. The first kappa shape index (κ1) is 15.8. The Balaban J connectivity index is 1.97. The first-order chi connectivity index (χ1) is 9.99. The molecule has 0 aromatic heterocycles. The van der Waals surface area contributed by atoms with Crippen LogP contribution in [0.1, 0.15) is 29.6 Å². The van der Waals surface area contributed by atoms with Crippen LogP contribution in [0.3, 0.4) is 0 Å². The van der Waals surface area contributed by atoms with Gasteiger partial charge in [0.15, 0.2) is 0 Å². The van der Waals surface area contributed by atoms with Crippen molar-refractivity contribution in [3.8, 4) is 5.75 Å². The second-order valence-corrected chi connectivity index (χ2v) is 5.76. The van der Waals surface area contributed by atoms with Gasteiger partial charge in [0, 0.05) is 13.1 Å². The van der Waals surface area contributed by atoms with E-state index in [1.807, 2.05) is 0 Å². The van der Waals surface area contributed by atoms with Crippen LogP contribution in [0, 0.1) is 5.82 Å². The van der Waals surface area contributed by atoms with Crippen LogP contribution in [0.25, 0.3) is 0 Å². The number of halogens is 2. The first-order valence-corrected chi connectivity index (χ1v) is 7.52. The van der Waals surface area contributed by atoms with Crippen LogP contribution >= 0.6 is 15.9 Å². The summed E-state index contributed by atoms with van der Waals surface area (Å²) in [4.78, 5) is 25.5. The average molecular weight is 359 g/mol. The molecule has 0 bridgehead atoms. The predicted octanol–water partition coefficient (Wildman–Crippen LogP) is 2.04. The maximum absolute atomic E-state index is 13.3. The fourth-order valence-electron chi connectivity index (χ4n) is 2.25. The van der Waals surface area contributed by atoms with Crippen molar-refractivity contribution in [3.63, 3.8) is 0 Å². The molecule has 2 rings (SSSR count). The molecule has 7 heteroatoms. The number of amides is 2. The van der Waals surface area contributed by atoms with Crippen LogP contribution in [0.15, 0.2) is 16.6 Å². The zero-order chi connectivity index (χ0) is 15.4. The maximum atomic E-state index is 13.3. The van der Waals surface area contributed by atoms with E-state index >= 15 is 0 Å². The fourth-order valence-corrected chi connectivity index (χ4v) is 2.68. The first-order valence-electron chi connectivity index (χ1n) is 6.73. The zero-order valence-electron chi connectivity index (χ0n) is 11.4. The van der Waals surface area contributed by atoms with Crippen LogP contribution < -0.4 is 5.32 Å². The maximum Gasteiger partial charge on any atom is 0.255 e. The summed E-state index contributed by atoms with van der Waals surface area (Å²) in [6, 6.07) is 1.99. The summed E-state index contributed by atoms with van der Waals surface area (Å²) in [5.41, 5.74) is -0.201. The van der Waals surface area contributed by atoms with Gasteiger partial charge in [-0.3, -0.25) is 9.59 Å². The van der Waals surface area contributed by atoms with E-state index in [0.29, 0.717) is 13.1 Å². The van der Waals surface area contributed by atoms with Gasteiger partial charge in [0.25, 0.3) is 5.91 Å². The molecule has 1 aliphatic rings. The number of nitrogens with one attached hydrogen (secondary N) is 1. The highest BCUT2D eigenvalue weighted by Gasteiger charge is 2.19. The Labute approximate surface area is 130 Å². The van der Waals surface area contributed by atoms with Crippen LogP contribution in [0.2, 0.25) is 0 Å². The number of aromatic hydroxyl groups is 1. The van der Waals surface area contributed by atoms with Gasteiger partial charge in [-0.25, -0.2) is 4.39 Å². The number of rotatable bonds is 3. The smallest absolute Gasteiger partial charge is 0.255 e. The molecule has 5 nitrogen and oxygen atoms in total. The van der Waals surface area contributed by atoms with Crippen molar-refractivity contribution >= 4 is 27.7 Å². The van der Waals surface area contributed by atoms with Gasteiger partial charge in [-0.2, -0.15) is 0 Å². The van der Waals surface area contributed by atoms with E-state index in [-0.39, 0.29) is 28.2 Å². The molecule has 0 unspecified atom stereocenters. The van der Waals surface area contributed by atoms with Gasteiger partial charge in [-0.1, -0.05) is 0 Å². The molecule has 1 saturated heterocycles. The molecule has 114 valence electrons. The molecule has 0 radical (unpaired) electrons. The van der Waals surface area contributed by atoms with Gasteiger partial charge in [-0.15, -0.1) is 0 Å². The van der Waals surface area contributed by atoms with Gasteiger partial charge in [0.1, 0.15) is 11.6 Å². The summed E-state index contributed by atoms with van der Waals surface area (Å²) in [6.07, 6.45) is 3.05. The minimum absolute atomic E-state index is 0.0926. The van der Waals surface area contributed by atoms with Crippen molar-refractivity contribution in [3.05, 3.63) is 28.0 Å².